The molecule has 0 radical (unpaired) electrons. The second-order valence-corrected chi connectivity index (χ2v) is 19.4. The molecule has 8 amide bonds. The number of aliphatic hydroxyl groups is 1. The van der Waals surface area contributed by atoms with Crippen LogP contribution in [0.5, 0.6) is 0 Å². The van der Waals surface area contributed by atoms with Crippen LogP contribution in [0.1, 0.15) is 97.0 Å². The fourth-order valence-corrected chi connectivity index (χ4v) is 9.36. The van der Waals surface area contributed by atoms with Crippen LogP contribution in [-0.4, -0.2) is 184 Å². The highest BCUT2D eigenvalue weighted by molar-refractivity contribution is 5.98. The van der Waals surface area contributed by atoms with E-state index in [1.54, 1.807) is 30.3 Å². The monoisotopic (exact) mass is 1040 g/mol. The molecule has 3 aliphatic heterocycles. The Kier molecular flexibility index (Phi) is 23.3. The lowest BCUT2D eigenvalue weighted by Crippen LogP contribution is -2.61. The Bertz CT molecular complexity index is 2190. The van der Waals surface area contributed by atoms with Crippen LogP contribution < -0.4 is 55.3 Å². The molecule has 410 valence electrons. The van der Waals surface area contributed by atoms with Gasteiger partial charge in [0.2, 0.25) is 47.3 Å². The van der Waals surface area contributed by atoms with Crippen LogP contribution in [-0.2, 0) is 49.6 Å². The number of nitrogens with two attached hydrogens (primary N) is 5. The summed E-state index contributed by atoms with van der Waals surface area (Å²) in [4.78, 5) is 134. The molecule has 9 unspecified atom stereocenters. The Balaban J connectivity index is 1.40. The van der Waals surface area contributed by atoms with E-state index in [-0.39, 0.29) is 75.5 Å². The van der Waals surface area contributed by atoms with Crippen molar-refractivity contribution in [3.05, 3.63) is 35.9 Å². The number of nitrogens with zero attached hydrogens (tertiary/aromatic N) is 5. The zero-order valence-electron chi connectivity index (χ0n) is 42.6. The normalized spacial score (nSPS) is 19.8. The molecule has 0 bridgehead atoms. The second-order valence-electron chi connectivity index (χ2n) is 19.4. The number of benzene rings is 1. The van der Waals surface area contributed by atoms with Gasteiger partial charge in [-0.3, -0.25) is 48.3 Å². The van der Waals surface area contributed by atoms with Crippen LogP contribution in [0.15, 0.2) is 40.3 Å². The first-order valence-electron chi connectivity index (χ1n) is 25.3. The van der Waals surface area contributed by atoms with E-state index in [0.29, 0.717) is 63.6 Å². The van der Waals surface area contributed by atoms with Crippen molar-refractivity contribution >= 4 is 65.1 Å². The highest BCUT2D eigenvalue weighted by Crippen LogP contribution is 2.26. The SMILES string of the molecule is CC(C)CC(NC(=O)C1CCCN1C(=O)C(NC(=O)C(Cc1ccccc1)NC(=O)CNC(=O)C1CCCN1C(=O)C1CCCN1C(=O)C(N)CCCN=C(N)N)C(C)O)C(=O)NC(CCCN=C(N)N)C(=O)O. The number of carbonyl (C=O) groups excluding carboxylic acids is 8. The van der Waals surface area contributed by atoms with Gasteiger partial charge in [0.05, 0.1) is 18.7 Å². The molecular formula is C48H77N15O11. The van der Waals surface area contributed by atoms with Crippen molar-refractivity contribution in [3.63, 3.8) is 0 Å². The molecule has 74 heavy (non-hydrogen) atoms. The third kappa shape index (κ3) is 17.8. The van der Waals surface area contributed by atoms with Crippen molar-refractivity contribution in [2.75, 3.05) is 39.3 Å². The number of rotatable bonds is 27. The van der Waals surface area contributed by atoms with Crippen molar-refractivity contribution < 1.29 is 53.4 Å². The maximum Gasteiger partial charge on any atom is 0.326 e. The Labute approximate surface area is 430 Å². The number of carboxylic acid groups (broad SMARTS) is 1. The first-order chi connectivity index (χ1) is 35.1. The van der Waals surface area contributed by atoms with E-state index in [9.17, 15) is 53.4 Å². The number of carboxylic acids is 1. The molecule has 1 aromatic rings. The highest BCUT2D eigenvalue weighted by Gasteiger charge is 2.44. The molecule has 26 nitrogen and oxygen atoms in total. The maximum absolute atomic E-state index is 14.2. The van der Waals surface area contributed by atoms with Crippen LogP contribution in [0.3, 0.4) is 0 Å². The molecule has 0 aliphatic carbocycles. The average Bonchev–Trinajstić information content (AvgIpc) is 4.16. The van der Waals surface area contributed by atoms with Crippen molar-refractivity contribution in [3.8, 4) is 0 Å². The summed E-state index contributed by atoms with van der Waals surface area (Å²) in [5.41, 5.74) is 28.3. The third-order valence-corrected chi connectivity index (χ3v) is 13.1. The number of aliphatic imine (C=N–C) groups is 2. The van der Waals surface area contributed by atoms with E-state index in [2.05, 4.69) is 36.6 Å². The molecule has 0 spiro atoms. The van der Waals surface area contributed by atoms with E-state index in [0.717, 1.165) is 0 Å². The fraction of sp³-hybridized carbons (Fsp3) is 0.646. The minimum absolute atomic E-state index is 0.00143. The molecule has 0 saturated carbocycles. The number of hydrogen-bond donors (Lipinski definition) is 12. The fourth-order valence-electron chi connectivity index (χ4n) is 9.36. The van der Waals surface area contributed by atoms with Gasteiger partial charge in [-0.05, 0) is 89.0 Å². The van der Waals surface area contributed by atoms with E-state index in [1.807, 2.05) is 13.8 Å². The molecule has 1 aromatic carbocycles. The summed E-state index contributed by atoms with van der Waals surface area (Å²) in [5, 5.41) is 33.7. The molecule has 4 rings (SSSR count). The van der Waals surface area contributed by atoms with Gasteiger partial charge in [0.25, 0.3) is 0 Å². The Morgan fingerprint density at radius 2 is 1.20 bits per heavy atom. The van der Waals surface area contributed by atoms with Gasteiger partial charge >= 0.3 is 5.97 Å². The third-order valence-electron chi connectivity index (χ3n) is 13.1. The van der Waals surface area contributed by atoms with Gasteiger partial charge in [-0.1, -0.05) is 44.2 Å². The van der Waals surface area contributed by atoms with Crippen LogP contribution in [0, 0.1) is 5.92 Å². The van der Waals surface area contributed by atoms with Gasteiger partial charge < -0.3 is 80.2 Å². The first kappa shape index (κ1) is 59.5. The van der Waals surface area contributed by atoms with Crippen LogP contribution in [0.2, 0.25) is 0 Å². The summed E-state index contributed by atoms with van der Waals surface area (Å²) in [5.74, 6) is -6.93. The lowest BCUT2D eigenvalue weighted by atomic mass is 10.0. The molecule has 3 fully saturated rings. The number of amides is 8. The summed E-state index contributed by atoms with van der Waals surface area (Å²) in [6.45, 7) is 5.39. The maximum atomic E-state index is 14.2. The van der Waals surface area contributed by atoms with E-state index < -0.39 is 108 Å². The summed E-state index contributed by atoms with van der Waals surface area (Å²) in [6, 6.07) is -0.510. The quantitative estimate of drug-likeness (QED) is 0.0228. The topological polar surface area (TPSA) is 419 Å². The molecular weight excluding hydrogens is 963 g/mol. The number of nitrogens with one attached hydrogen (secondary N) is 5. The van der Waals surface area contributed by atoms with Crippen LogP contribution >= 0.6 is 0 Å². The summed E-state index contributed by atoms with van der Waals surface area (Å²) < 4.78 is 0. The minimum atomic E-state index is -1.60. The highest BCUT2D eigenvalue weighted by atomic mass is 16.4. The van der Waals surface area contributed by atoms with Crippen molar-refractivity contribution in [1.82, 2.24) is 41.3 Å². The van der Waals surface area contributed by atoms with Gasteiger partial charge in [-0.2, -0.15) is 0 Å². The number of guanidine groups is 2. The van der Waals surface area contributed by atoms with Crippen molar-refractivity contribution in [2.45, 2.75) is 152 Å². The van der Waals surface area contributed by atoms with Crippen LogP contribution in [0.25, 0.3) is 0 Å². The smallest absolute Gasteiger partial charge is 0.326 e. The second kappa shape index (κ2) is 29.0. The predicted molar refractivity (Wildman–Crippen MR) is 272 cm³/mol. The van der Waals surface area contributed by atoms with Gasteiger partial charge in [0.15, 0.2) is 11.9 Å². The van der Waals surface area contributed by atoms with Gasteiger partial charge in [0, 0.05) is 39.1 Å². The number of aliphatic hydroxyl groups excluding tert-OH is 1. The molecule has 26 heteroatoms. The molecule has 3 heterocycles. The number of hydrogen-bond acceptors (Lipinski definition) is 13. The molecule has 9 atom stereocenters. The van der Waals surface area contributed by atoms with Crippen molar-refractivity contribution in [1.29, 1.82) is 0 Å². The molecule has 3 saturated heterocycles. The van der Waals surface area contributed by atoms with E-state index in [4.69, 9.17) is 28.7 Å². The summed E-state index contributed by atoms with van der Waals surface area (Å²) >= 11 is 0. The van der Waals surface area contributed by atoms with E-state index >= 15 is 0 Å². The van der Waals surface area contributed by atoms with E-state index in [1.165, 1.54) is 21.6 Å². The number of aliphatic carboxylic acids is 1. The standard InChI is InChI=1S/C48H77N15O11/c1-27(2)24-32(39(66)58-31(46(73)74)15-8-20-55-48(52)53)59-42(69)35-17-10-22-62(35)45(72)38(28(3)64)60-40(67)33(25-29-12-5-4-6-13-29)57-37(65)26-56-41(68)34-16-9-21-61(34)44(71)36-18-11-23-63(36)43(70)30(49)14-7-19-54-47(50)51/h4-6,12-13,27-28,30-36,38,64H,7-11,14-26,49H2,1-3H3,(H,56,68)(H,57,65)(H,58,66)(H,59,69)(H,60,67)(H,73,74)(H4,50,51,54)(H4,52,53,55). The van der Waals surface area contributed by atoms with Gasteiger partial charge in [-0.25, -0.2) is 4.79 Å². The minimum Gasteiger partial charge on any atom is -0.480 e. The zero-order chi connectivity index (χ0) is 54.6. The lowest BCUT2D eigenvalue weighted by Gasteiger charge is -2.32. The van der Waals surface area contributed by atoms with Crippen molar-refractivity contribution in [2.24, 2.45) is 44.6 Å². The summed E-state index contributed by atoms with van der Waals surface area (Å²) in [6.07, 6.45) is 1.88. The van der Waals surface area contributed by atoms with Gasteiger partial charge in [-0.15, -0.1) is 0 Å². The lowest BCUT2D eigenvalue weighted by molar-refractivity contribution is -0.147. The average molecular weight is 1040 g/mol. The Morgan fingerprint density at radius 1 is 0.662 bits per heavy atom. The molecule has 3 aliphatic rings. The zero-order valence-corrected chi connectivity index (χ0v) is 42.6. The molecule has 0 aromatic heterocycles. The number of likely N-dealkylation sites (tertiary alicyclic amines) is 3. The molecule has 17 N–H and O–H groups in total. The Hall–Kier alpha value is -7.09. The largest absolute Gasteiger partial charge is 0.480 e. The first-order valence-corrected chi connectivity index (χ1v) is 25.3. The number of carbonyl (C=O) groups is 9. The van der Waals surface area contributed by atoms with Gasteiger partial charge in [0.1, 0.15) is 42.3 Å². The Morgan fingerprint density at radius 3 is 1.77 bits per heavy atom. The predicted octanol–water partition coefficient (Wildman–Crippen LogP) is -3.80. The summed E-state index contributed by atoms with van der Waals surface area (Å²) in [7, 11) is 0. The van der Waals surface area contributed by atoms with Crippen LogP contribution in [0.4, 0.5) is 0 Å².